The Morgan fingerprint density at radius 1 is 1.25 bits per heavy atom. The minimum absolute atomic E-state index is 0.244. The summed E-state index contributed by atoms with van der Waals surface area (Å²) in [6.07, 6.45) is 1.10. The second kappa shape index (κ2) is 4.01. The van der Waals surface area contributed by atoms with Crippen LogP contribution < -0.4 is 0 Å². The monoisotopic (exact) mass is 191 g/mol. The first-order chi connectivity index (χ1) is 5.72. The van der Waals surface area contributed by atoms with Crippen molar-refractivity contribution in [2.24, 2.45) is 5.16 Å². The second-order valence-electron chi connectivity index (χ2n) is 2.01. The van der Waals surface area contributed by atoms with Gasteiger partial charge in [-0.15, -0.1) is 0 Å². The van der Waals surface area contributed by atoms with Crippen LogP contribution in [-0.2, 0) is 4.39 Å². The van der Waals surface area contributed by atoms with Gasteiger partial charge in [-0.05, 0) is 12.1 Å². The van der Waals surface area contributed by atoms with Crippen molar-refractivity contribution in [3.63, 3.8) is 0 Å². The van der Waals surface area contributed by atoms with Crippen LogP contribution in [0.15, 0.2) is 23.4 Å². The van der Waals surface area contributed by atoms with Gasteiger partial charge in [0, 0.05) is 11.6 Å². The van der Waals surface area contributed by atoms with Gasteiger partial charge in [0.15, 0.2) is 11.9 Å². The van der Waals surface area contributed by atoms with Crippen LogP contribution in [0, 0.1) is 11.6 Å². The fraction of sp³-hybridized carbons (Fsp3) is 0. The Morgan fingerprint density at radius 3 is 2.33 bits per heavy atom. The largest absolute Gasteiger partial charge is 0.277 e. The molecule has 0 N–H and O–H groups in total. The molecule has 64 valence electrons. The molecule has 0 fully saturated rings. The van der Waals surface area contributed by atoms with E-state index in [-0.39, 0.29) is 5.56 Å². The lowest BCUT2D eigenvalue weighted by atomic mass is 10.2. The van der Waals surface area contributed by atoms with Crippen LogP contribution in [0.2, 0.25) is 0 Å². The first kappa shape index (κ1) is 8.93. The van der Waals surface area contributed by atoms with Crippen molar-refractivity contribution in [3.8, 4) is 0 Å². The summed E-state index contributed by atoms with van der Waals surface area (Å²) in [6.45, 7) is 0. The van der Waals surface area contributed by atoms with Gasteiger partial charge in [-0.25, -0.2) is 8.78 Å². The molecule has 0 spiro atoms. The molecule has 0 bridgehead atoms. The lowest BCUT2D eigenvalue weighted by molar-refractivity contribution is 0.383. The number of hydrogen-bond donors (Lipinski definition) is 0. The number of benzene rings is 1. The molecule has 0 aliphatic carbocycles. The van der Waals surface area contributed by atoms with Crippen molar-refractivity contribution in [2.75, 3.05) is 0 Å². The zero-order valence-corrected chi connectivity index (χ0v) is 6.55. The quantitative estimate of drug-likeness (QED) is 0.520. The van der Waals surface area contributed by atoms with E-state index in [1.165, 1.54) is 0 Å². The third-order valence-electron chi connectivity index (χ3n) is 1.13. The molecule has 0 aliphatic heterocycles. The summed E-state index contributed by atoms with van der Waals surface area (Å²) in [5, 5.41) is 3.13. The van der Waals surface area contributed by atoms with Crippen molar-refractivity contribution >= 4 is 18.1 Å². The summed E-state index contributed by atoms with van der Waals surface area (Å²) < 4.78 is 28.8. The summed E-state index contributed by atoms with van der Waals surface area (Å²) in [5.74, 6) is -1.35. The SMILES string of the molecule is Fc1cc(F)cc(C=NOCl)c1. The van der Waals surface area contributed by atoms with E-state index in [4.69, 9.17) is 11.9 Å². The van der Waals surface area contributed by atoms with Crippen LogP contribution >= 0.6 is 11.9 Å². The van der Waals surface area contributed by atoms with E-state index in [2.05, 4.69) is 9.55 Å². The van der Waals surface area contributed by atoms with Crippen LogP contribution in [0.4, 0.5) is 8.78 Å². The predicted molar refractivity (Wildman–Crippen MR) is 40.9 cm³/mol. The summed E-state index contributed by atoms with van der Waals surface area (Å²) in [4.78, 5) is 0. The highest BCUT2D eigenvalue weighted by Crippen LogP contribution is 2.05. The highest BCUT2D eigenvalue weighted by molar-refractivity contribution is 6.07. The molecule has 0 saturated heterocycles. The van der Waals surface area contributed by atoms with Gasteiger partial charge in [-0.1, -0.05) is 5.16 Å². The molecular formula is C7H4ClF2NO. The predicted octanol–water partition coefficient (Wildman–Crippen LogP) is 2.47. The van der Waals surface area contributed by atoms with Crippen LogP contribution in [0.25, 0.3) is 0 Å². The average Bonchev–Trinajstić information content (AvgIpc) is 1.99. The maximum atomic E-state index is 12.5. The molecule has 12 heavy (non-hydrogen) atoms. The van der Waals surface area contributed by atoms with Crippen LogP contribution in [0.3, 0.4) is 0 Å². The van der Waals surface area contributed by atoms with Crippen molar-refractivity contribution in [1.29, 1.82) is 0 Å². The number of rotatable bonds is 2. The molecule has 0 aliphatic rings. The molecule has 5 heteroatoms. The Kier molecular flexibility index (Phi) is 2.99. The van der Waals surface area contributed by atoms with Crippen LogP contribution in [0.1, 0.15) is 5.56 Å². The molecule has 2 nitrogen and oxygen atoms in total. The fourth-order valence-electron chi connectivity index (χ4n) is 0.730. The average molecular weight is 192 g/mol. The van der Waals surface area contributed by atoms with E-state index in [0.29, 0.717) is 0 Å². The van der Waals surface area contributed by atoms with E-state index in [9.17, 15) is 8.78 Å². The molecule has 0 amide bonds. The van der Waals surface area contributed by atoms with Crippen molar-refractivity contribution in [2.45, 2.75) is 0 Å². The normalized spacial score (nSPS) is 10.6. The van der Waals surface area contributed by atoms with E-state index in [1.54, 1.807) is 0 Å². The molecule has 0 aromatic heterocycles. The topological polar surface area (TPSA) is 21.6 Å². The number of oxime groups is 1. The summed E-state index contributed by atoms with van der Waals surface area (Å²) >= 11 is 4.75. The van der Waals surface area contributed by atoms with Crippen LogP contribution in [-0.4, -0.2) is 6.21 Å². The van der Waals surface area contributed by atoms with Crippen molar-refractivity contribution in [1.82, 2.24) is 0 Å². The molecule has 0 atom stereocenters. The highest BCUT2D eigenvalue weighted by atomic mass is 35.5. The van der Waals surface area contributed by atoms with Gasteiger partial charge in [-0.3, -0.25) is 4.39 Å². The molecular weight excluding hydrogens is 188 g/mol. The summed E-state index contributed by atoms with van der Waals surface area (Å²) in [5.41, 5.74) is 0.244. The smallest absolute Gasteiger partial charge is 0.167 e. The Hall–Kier alpha value is -1.16. The van der Waals surface area contributed by atoms with E-state index < -0.39 is 11.6 Å². The Morgan fingerprint density at radius 2 is 1.83 bits per heavy atom. The van der Waals surface area contributed by atoms with Gasteiger partial charge < -0.3 is 0 Å². The minimum Gasteiger partial charge on any atom is -0.277 e. The Balaban J connectivity index is 2.93. The Bertz CT molecular complexity index is 283. The summed E-state index contributed by atoms with van der Waals surface area (Å²) in [7, 11) is 0. The standard InChI is InChI=1S/C7H4ClF2NO/c8-12-11-4-5-1-6(9)3-7(10)2-5/h1-4H. The van der Waals surface area contributed by atoms with Gasteiger partial charge in [-0.2, -0.15) is 0 Å². The highest BCUT2D eigenvalue weighted by Gasteiger charge is 1.97. The zero-order valence-electron chi connectivity index (χ0n) is 5.80. The van der Waals surface area contributed by atoms with Gasteiger partial charge >= 0.3 is 0 Å². The molecule has 1 rings (SSSR count). The maximum Gasteiger partial charge on any atom is 0.167 e. The summed E-state index contributed by atoms with van der Waals surface area (Å²) in [6, 6.07) is 2.96. The minimum atomic E-state index is -0.675. The molecule has 0 unspecified atom stereocenters. The van der Waals surface area contributed by atoms with E-state index in [0.717, 1.165) is 24.4 Å². The van der Waals surface area contributed by atoms with Gasteiger partial charge in [0.25, 0.3) is 0 Å². The first-order valence-corrected chi connectivity index (χ1v) is 3.30. The molecule has 1 aromatic rings. The third kappa shape index (κ3) is 2.47. The number of nitrogens with zero attached hydrogens (tertiary/aromatic N) is 1. The van der Waals surface area contributed by atoms with Crippen molar-refractivity contribution in [3.05, 3.63) is 35.4 Å². The lowest BCUT2D eigenvalue weighted by Gasteiger charge is -1.92. The fourth-order valence-corrected chi connectivity index (χ4v) is 0.770. The zero-order chi connectivity index (χ0) is 8.97. The maximum absolute atomic E-state index is 12.5. The third-order valence-corrected chi connectivity index (χ3v) is 1.21. The number of hydrogen-bond acceptors (Lipinski definition) is 2. The van der Waals surface area contributed by atoms with E-state index >= 15 is 0 Å². The Labute approximate surface area is 72.6 Å². The van der Waals surface area contributed by atoms with Crippen molar-refractivity contribution < 1.29 is 13.2 Å². The first-order valence-electron chi connectivity index (χ1n) is 2.99. The molecule has 0 radical (unpaired) electrons. The van der Waals surface area contributed by atoms with Crippen LogP contribution in [0.5, 0.6) is 0 Å². The van der Waals surface area contributed by atoms with Gasteiger partial charge in [0.05, 0.1) is 6.21 Å². The lowest BCUT2D eigenvalue weighted by Crippen LogP contribution is -1.86. The van der Waals surface area contributed by atoms with Gasteiger partial charge in [0.2, 0.25) is 0 Å². The van der Waals surface area contributed by atoms with Gasteiger partial charge in [0.1, 0.15) is 11.6 Å². The molecule has 0 saturated carbocycles. The molecule has 1 aromatic carbocycles. The molecule has 0 heterocycles. The second-order valence-corrected chi connectivity index (χ2v) is 2.14. The van der Waals surface area contributed by atoms with E-state index in [1.807, 2.05) is 0 Å². The number of halogens is 3.